The summed E-state index contributed by atoms with van der Waals surface area (Å²) in [4.78, 5) is 0. The zero-order valence-corrected chi connectivity index (χ0v) is 16.8. The quantitative estimate of drug-likeness (QED) is 0.652. The molecule has 0 atom stereocenters. The Hall–Kier alpha value is -2.07. The van der Waals surface area contributed by atoms with Gasteiger partial charge in [0, 0.05) is 11.3 Å². The molecule has 1 aliphatic rings. The molecule has 3 rings (SSSR count). The van der Waals surface area contributed by atoms with Crippen molar-refractivity contribution < 1.29 is 9.47 Å². The second kappa shape index (κ2) is 8.09. The van der Waals surface area contributed by atoms with Crippen LogP contribution in [-0.2, 0) is 11.3 Å². The molecule has 1 fully saturated rings. The van der Waals surface area contributed by atoms with E-state index in [-0.39, 0.29) is 0 Å². The first-order valence-electron chi connectivity index (χ1n) is 9.25. The molecule has 0 spiro atoms. The number of rotatable bonds is 6. The van der Waals surface area contributed by atoms with Crippen LogP contribution < -0.4 is 10.1 Å². The van der Waals surface area contributed by atoms with Crippen LogP contribution in [0.3, 0.4) is 0 Å². The highest BCUT2D eigenvalue weighted by Crippen LogP contribution is 2.43. The summed E-state index contributed by atoms with van der Waals surface area (Å²) < 4.78 is 11.6. The molecule has 2 aromatic carbocycles. The van der Waals surface area contributed by atoms with Crippen LogP contribution >= 0.6 is 12.2 Å². The van der Waals surface area contributed by atoms with Gasteiger partial charge in [0.15, 0.2) is 0 Å². The first kappa shape index (κ1) is 18.7. The van der Waals surface area contributed by atoms with Crippen LogP contribution in [0.5, 0.6) is 5.75 Å². The highest BCUT2D eigenvalue weighted by molar-refractivity contribution is 7.80. The van der Waals surface area contributed by atoms with Gasteiger partial charge in [-0.2, -0.15) is 0 Å². The van der Waals surface area contributed by atoms with Gasteiger partial charge in [0.1, 0.15) is 12.4 Å². The van der Waals surface area contributed by atoms with Gasteiger partial charge in [-0.05, 0) is 93.1 Å². The normalized spacial score (nSPS) is 13.4. The summed E-state index contributed by atoms with van der Waals surface area (Å²) in [5.41, 5.74) is 7.21. The Morgan fingerprint density at radius 1 is 1.12 bits per heavy atom. The maximum Gasteiger partial charge on any atom is 0.261 e. The highest BCUT2D eigenvalue weighted by Gasteiger charge is 2.27. The van der Waals surface area contributed by atoms with Gasteiger partial charge in [-0.3, -0.25) is 0 Å². The molecule has 1 N–H and O–H groups in total. The van der Waals surface area contributed by atoms with Gasteiger partial charge in [-0.25, -0.2) is 0 Å². The molecule has 0 amide bonds. The van der Waals surface area contributed by atoms with E-state index in [4.69, 9.17) is 21.7 Å². The molecule has 0 radical (unpaired) electrons. The molecule has 0 bridgehead atoms. The summed E-state index contributed by atoms with van der Waals surface area (Å²) in [6, 6.07) is 10.6. The SMILES string of the molecule is CCOC(=S)Nc1cccc(C2CC2)c1COc1cc(C)c(C)cc1C. The van der Waals surface area contributed by atoms with Gasteiger partial charge in [0.05, 0.1) is 6.61 Å². The monoisotopic (exact) mass is 369 g/mol. The fourth-order valence-corrected chi connectivity index (χ4v) is 3.40. The lowest BCUT2D eigenvalue weighted by atomic mass is 10.0. The molecule has 0 unspecified atom stereocenters. The third kappa shape index (κ3) is 4.36. The van der Waals surface area contributed by atoms with Gasteiger partial charge >= 0.3 is 0 Å². The number of hydrogen-bond acceptors (Lipinski definition) is 3. The highest BCUT2D eigenvalue weighted by atomic mass is 32.1. The second-order valence-electron chi connectivity index (χ2n) is 6.98. The molecule has 0 aromatic heterocycles. The van der Waals surface area contributed by atoms with Crippen LogP contribution in [0.4, 0.5) is 5.69 Å². The third-order valence-electron chi connectivity index (χ3n) is 4.90. The molecule has 138 valence electrons. The molecule has 2 aromatic rings. The van der Waals surface area contributed by atoms with Crippen molar-refractivity contribution in [3.63, 3.8) is 0 Å². The molecule has 0 aliphatic heterocycles. The Balaban J connectivity index is 1.85. The van der Waals surface area contributed by atoms with E-state index < -0.39 is 0 Å². The van der Waals surface area contributed by atoms with Crippen molar-refractivity contribution in [2.45, 2.75) is 53.1 Å². The van der Waals surface area contributed by atoms with Gasteiger partial charge < -0.3 is 14.8 Å². The van der Waals surface area contributed by atoms with E-state index in [0.717, 1.165) is 17.0 Å². The molecular formula is C22H27NO2S. The lowest BCUT2D eigenvalue weighted by Crippen LogP contribution is -2.15. The van der Waals surface area contributed by atoms with E-state index in [2.05, 4.69) is 50.4 Å². The van der Waals surface area contributed by atoms with Crippen molar-refractivity contribution in [3.8, 4) is 5.75 Å². The van der Waals surface area contributed by atoms with Crippen molar-refractivity contribution in [3.05, 3.63) is 58.1 Å². The Labute approximate surface area is 161 Å². The summed E-state index contributed by atoms with van der Waals surface area (Å²) >= 11 is 5.28. The molecule has 0 heterocycles. The van der Waals surface area contributed by atoms with Crippen LogP contribution in [0.15, 0.2) is 30.3 Å². The fourth-order valence-electron chi connectivity index (χ4n) is 3.18. The van der Waals surface area contributed by atoms with E-state index in [1.165, 1.54) is 35.1 Å². The minimum atomic E-state index is 0.407. The van der Waals surface area contributed by atoms with Crippen LogP contribution in [0.1, 0.15) is 53.5 Å². The van der Waals surface area contributed by atoms with Gasteiger partial charge in [0.25, 0.3) is 5.17 Å². The predicted octanol–water partition coefficient (Wildman–Crippen LogP) is 5.80. The van der Waals surface area contributed by atoms with Crippen molar-refractivity contribution in [2.75, 3.05) is 11.9 Å². The topological polar surface area (TPSA) is 30.5 Å². The summed E-state index contributed by atoms with van der Waals surface area (Å²) in [6.45, 7) is 9.35. The Morgan fingerprint density at radius 3 is 2.54 bits per heavy atom. The van der Waals surface area contributed by atoms with E-state index in [9.17, 15) is 0 Å². The van der Waals surface area contributed by atoms with E-state index in [0.29, 0.717) is 24.3 Å². The van der Waals surface area contributed by atoms with Crippen LogP contribution in [0.2, 0.25) is 0 Å². The third-order valence-corrected chi connectivity index (χ3v) is 5.12. The molecule has 0 saturated heterocycles. The van der Waals surface area contributed by atoms with Gasteiger partial charge in [-0.1, -0.05) is 18.2 Å². The van der Waals surface area contributed by atoms with Crippen LogP contribution in [0, 0.1) is 20.8 Å². The van der Waals surface area contributed by atoms with Gasteiger partial charge in [0.2, 0.25) is 0 Å². The summed E-state index contributed by atoms with van der Waals surface area (Å²) in [7, 11) is 0. The number of thiocarbonyl (C=S) groups is 1. The van der Waals surface area contributed by atoms with Crippen LogP contribution in [-0.4, -0.2) is 11.8 Å². The average Bonchev–Trinajstić information content (AvgIpc) is 3.42. The maximum absolute atomic E-state index is 6.24. The zero-order chi connectivity index (χ0) is 18.7. The van der Waals surface area contributed by atoms with E-state index >= 15 is 0 Å². The number of nitrogens with one attached hydrogen (secondary N) is 1. The summed E-state index contributed by atoms with van der Waals surface area (Å²) in [5.74, 6) is 1.58. The minimum Gasteiger partial charge on any atom is -0.489 e. The first-order valence-corrected chi connectivity index (χ1v) is 9.66. The van der Waals surface area contributed by atoms with Crippen molar-refractivity contribution in [1.29, 1.82) is 0 Å². The number of ether oxygens (including phenoxy) is 2. The molecule has 4 heteroatoms. The lowest BCUT2D eigenvalue weighted by molar-refractivity contribution is 0.303. The fraction of sp³-hybridized carbons (Fsp3) is 0.409. The van der Waals surface area contributed by atoms with Crippen molar-refractivity contribution >= 4 is 23.1 Å². The minimum absolute atomic E-state index is 0.407. The Kier molecular flexibility index (Phi) is 5.82. The predicted molar refractivity (Wildman–Crippen MR) is 111 cm³/mol. The number of benzene rings is 2. The second-order valence-corrected chi connectivity index (χ2v) is 7.35. The Morgan fingerprint density at radius 2 is 1.85 bits per heavy atom. The molecule has 1 saturated carbocycles. The molecule has 26 heavy (non-hydrogen) atoms. The van der Waals surface area contributed by atoms with E-state index in [1.54, 1.807) is 0 Å². The number of aryl methyl sites for hydroxylation is 3. The van der Waals surface area contributed by atoms with E-state index in [1.807, 2.05) is 13.0 Å². The maximum atomic E-state index is 6.24. The van der Waals surface area contributed by atoms with Crippen molar-refractivity contribution in [1.82, 2.24) is 0 Å². The number of hydrogen-bond donors (Lipinski definition) is 1. The first-order chi connectivity index (χ1) is 12.5. The summed E-state index contributed by atoms with van der Waals surface area (Å²) in [6.07, 6.45) is 2.49. The largest absolute Gasteiger partial charge is 0.489 e. The lowest BCUT2D eigenvalue weighted by Gasteiger charge is -2.18. The molecule has 1 aliphatic carbocycles. The van der Waals surface area contributed by atoms with Crippen molar-refractivity contribution in [2.24, 2.45) is 0 Å². The zero-order valence-electron chi connectivity index (χ0n) is 16.0. The summed E-state index contributed by atoms with van der Waals surface area (Å²) in [5, 5.41) is 3.64. The molecular weight excluding hydrogens is 342 g/mol. The molecule has 3 nitrogen and oxygen atoms in total. The number of anilines is 1. The standard InChI is InChI=1S/C22H27NO2S/c1-5-24-22(26)23-20-8-6-7-18(17-9-10-17)19(20)13-25-21-12-15(3)14(2)11-16(21)4/h6-8,11-12,17H,5,9-10,13H2,1-4H3,(H,23,26). The Bertz CT molecular complexity index is 812. The average molecular weight is 370 g/mol. The van der Waals surface area contributed by atoms with Crippen LogP contribution in [0.25, 0.3) is 0 Å². The smallest absolute Gasteiger partial charge is 0.261 e. The van der Waals surface area contributed by atoms with Gasteiger partial charge in [-0.15, -0.1) is 0 Å².